The van der Waals surface area contributed by atoms with Gasteiger partial charge in [0.15, 0.2) is 0 Å². The molecule has 0 aliphatic heterocycles. The van der Waals surface area contributed by atoms with E-state index in [-0.39, 0.29) is 5.91 Å². The van der Waals surface area contributed by atoms with Gasteiger partial charge in [0.2, 0.25) is 5.91 Å². The average Bonchev–Trinajstić information content (AvgIpc) is 3.08. The highest BCUT2D eigenvalue weighted by molar-refractivity contribution is 6.30. The molecular weight excluding hydrogens is 688 g/mol. The normalized spacial score (nSPS) is 10.8. The summed E-state index contributed by atoms with van der Waals surface area (Å²) in [5, 5.41) is 22.0. The monoisotopic (exact) mass is 722 g/mol. The van der Waals surface area contributed by atoms with Gasteiger partial charge in [-0.15, -0.1) is 0 Å². The Kier molecular flexibility index (Phi) is 13.5. The SMILES string of the molecule is CCCC(=O)Nc1ccc(CNc2ccc(Cl)cc2)cc1.O=C(O)Nc1ccc(CNc2ccc(C(F)(F)F)cc2)cc1-c1ccc(Cl)cc1. The number of carboxylic acid groups (broad SMARTS) is 1. The third-order valence-electron chi connectivity index (χ3n) is 7.25. The number of benzene rings is 5. The third kappa shape index (κ3) is 12.0. The summed E-state index contributed by atoms with van der Waals surface area (Å²) in [5.41, 5.74) is 5.52. The highest BCUT2D eigenvalue weighted by Gasteiger charge is 2.29. The lowest BCUT2D eigenvalue weighted by Crippen LogP contribution is -2.10. The zero-order chi connectivity index (χ0) is 36.1. The molecule has 0 bridgehead atoms. The van der Waals surface area contributed by atoms with Gasteiger partial charge >= 0.3 is 12.3 Å². The topological polar surface area (TPSA) is 102 Å². The van der Waals surface area contributed by atoms with Gasteiger partial charge in [0.25, 0.3) is 0 Å². The minimum atomic E-state index is -4.38. The van der Waals surface area contributed by atoms with Crippen LogP contribution in [-0.2, 0) is 24.1 Å². The Bertz CT molecular complexity index is 1850. The highest BCUT2D eigenvalue weighted by atomic mass is 35.5. The van der Waals surface area contributed by atoms with E-state index < -0.39 is 17.8 Å². The molecule has 5 rings (SSSR count). The van der Waals surface area contributed by atoms with Gasteiger partial charge in [-0.2, -0.15) is 13.2 Å². The molecule has 12 heteroatoms. The number of anilines is 4. The van der Waals surface area contributed by atoms with E-state index in [1.807, 2.05) is 61.5 Å². The van der Waals surface area contributed by atoms with Crippen LogP contribution in [0.25, 0.3) is 11.1 Å². The molecule has 0 heterocycles. The second-order valence-corrected chi connectivity index (χ2v) is 12.0. The molecule has 7 nitrogen and oxygen atoms in total. The van der Waals surface area contributed by atoms with Crippen molar-refractivity contribution in [3.8, 4) is 11.1 Å². The first-order valence-electron chi connectivity index (χ1n) is 15.6. The standard InChI is InChI=1S/C21H16ClF3N2O2.C17H19ClN2O/c22-16-6-2-14(3-7-16)18-11-13(1-10-19(18)27-20(28)29)12-26-17-8-4-15(5-9-17)21(23,24)25;1-2-3-17(21)20-16-8-4-13(5-9-16)12-19-15-10-6-14(18)7-11-15/h1-11,26-27H,12H2,(H,28,29);4-11,19H,2-3,12H2,1H3,(H,20,21). The van der Waals surface area contributed by atoms with E-state index in [1.54, 1.807) is 36.4 Å². The van der Waals surface area contributed by atoms with Gasteiger partial charge in [-0.05, 0) is 108 Å². The van der Waals surface area contributed by atoms with Crippen molar-refractivity contribution in [1.82, 2.24) is 0 Å². The molecule has 0 saturated carbocycles. The van der Waals surface area contributed by atoms with Crippen LogP contribution in [0.4, 0.5) is 40.7 Å². The van der Waals surface area contributed by atoms with Crippen LogP contribution in [0.5, 0.6) is 0 Å². The Morgan fingerprint density at radius 2 is 1.16 bits per heavy atom. The van der Waals surface area contributed by atoms with Crippen molar-refractivity contribution in [3.63, 3.8) is 0 Å². The molecule has 0 spiro atoms. The number of nitrogens with one attached hydrogen (secondary N) is 4. The Balaban J connectivity index is 0.000000237. The summed E-state index contributed by atoms with van der Waals surface area (Å²) >= 11 is 11.8. The molecule has 2 amide bonds. The number of carbonyl (C=O) groups excluding carboxylic acids is 1. The van der Waals surface area contributed by atoms with Crippen LogP contribution in [0.3, 0.4) is 0 Å². The molecule has 5 aromatic carbocycles. The molecule has 0 aromatic heterocycles. The van der Waals surface area contributed by atoms with Crippen molar-refractivity contribution in [2.75, 3.05) is 21.3 Å². The summed E-state index contributed by atoms with van der Waals surface area (Å²) in [7, 11) is 0. The number of carbonyl (C=O) groups is 2. The molecule has 0 saturated heterocycles. The van der Waals surface area contributed by atoms with Crippen molar-refractivity contribution in [3.05, 3.63) is 142 Å². The van der Waals surface area contributed by atoms with Crippen molar-refractivity contribution < 1.29 is 27.9 Å². The van der Waals surface area contributed by atoms with Crippen LogP contribution in [0.1, 0.15) is 36.5 Å². The smallest absolute Gasteiger partial charge is 0.416 e. The molecule has 0 atom stereocenters. The van der Waals surface area contributed by atoms with E-state index in [4.69, 9.17) is 28.3 Å². The summed E-state index contributed by atoms with van der Waals surface area (Å²) < 4.78 is 38.0. The van der Waals surface area contributed by atoms with Crippen LogP contribution >= 0.6 is 23.2 Å². The first-order valence-corrected chi connectivity index (χ1v) is 16.3. The number of amides is 2. The van der Waals surface area contributed by atoms with Gasteiger partial charge in [0, 0.05) is 52.2 Å². The minimum absolute atomic E-state index is 0.0598. The van der Waals surface area contributed by atoms with Crippen molar-refractivity contribution in [2.24, 2.45) is 0 Å². The van der Waals surface area contributed by atoms with Gasteiger partial charge in [0.05, 0.1) is 11.3 Å². The average molecular weight is 724 g/mol. The molecule has 5 N–H and O–H groups in total. The number of rotatable bonds is 11. The maximum atomic E-state index is 12.7. The lowest BCUT2D eigenvalue weighted by atomic mass is 10.0. The van der Waals surface area contributed by atoms with Gasteiger partial charge in [-0.1, -0.05) is 60.5 Å². The Morgan fingerprint density at radius 1 is 0.660 bits per heavy atom. The molecule has 0 fully saturated rings. The number of hydrogen-bond donors (Lipinski definition) is 5. The summed E-state index contributed by atoms with van der Waals surface area (Å²) in [6, 6.07) is 32.4. The maximum Gasteiger partial charge on any atom is 0.416 e. The largest absolute Gasteiger partial charge is 0.465 e. The van der Waals surface area contributed by atoms with Crippen LogP contribution < -0.4 is 21.3 Å². The van der Waals surface area contributed by atoms with Gasteiger partial charge < -0.3 is 21.1 Å². The molecule has 0 aliphatic carbocycles. The Morgan fingerprint density at radius 3 is 1.70 bits per heavy atom. The van der Waals surface area contributed by atoms with E-state index in [0.29, 0.717) is 34.9 Å². The van der Waals surface area contributed by atoms with E-state index in [2.05, 4.69) is 21.3 Å². The summed E-state index contributed by atoms with van der Waals surface area (Å²) in [6.07, 6.45) is -4.15. The second-order valence-electron chi connectivity index (χ2n) is 11.1. The summed E-state index contributed by atoms with van der Waals surface area (Å²) in [5.74, 6) is 0.0598. The number of halogens is 5. The van der Waals surface area contributed by atoms with Crippen molar-refractivity contribution in [1.29, 1.82) is 0 Å². The molecule has 0 unspecified atom stereocenters. The lowest BCUT2D eigenvalue weighted by Gasteiger charge is -2.14. The number of hydrogen-bond acceptors (Lipinski definition) is 4. The van der Waals surface area contributed by atoms with E-state index >= 15 is 0 Å². The van der Waals surface area contributed by atoms with Gasteiger partial charge in [0.1, 0.15) is 0 Å². The first kappa shape index (κ1) is 37.6. The van der Waals surface area contributed by atoms with E-state index in [9.17, 15) is 22.8 Å². The highest BCUT2D eigenvalue weighted by Crippen LogP contribution is 2.32. The molecule has 5 aromatic rings. The maximum absolute atomic E-state index is 12.7. The van der Waals surface area contributed by atoms with Crippen molar-refractivity contribution >= 4 is 58.0 Å². The summed E-state index contributed by atoms with van der Waals surface area (Å²) in [6.45, 7) is 3.06. The Labute approximate surface area is 298 Å². The lowest BCUT2D eigenvalue weighted by molar-refractivity contribution is -0.137. The molecular formula is C38H35Cl2F3N4O3. The summed E-state index contributed by atoms with van der Waals surface area (Å²) in [4.78, 5) is 22.6. The molecule has 50 heavy (non-hydrogen) atoms. The third-order valence-corrected chi connectivity index (χ3v) is 7.75. The zero-order valence-corrected chi connectivity index (χ0v) is 28.5. The first-order chi connectivity index (χ1) is 23.9. The fraction of sp³-hybridized carbons (Fsp3) is 0.158. The van der Waals surface area contributed by atoms with Gasteiger partial charge in [-0.3, -0.25) is 10.1 Å². The Hall–Kier alpha value is -5.19. The van der Waals surface area contributed by atoms with Crippen LogP contribution in [0.15, 0.2) is 115 Å². The van der Waals surface area contributed by atoms with E-state index in [1.165, 1.54) is 12.1 Å². The fourth-order valence-corrected chi connectivity index (χ4v) is 4.96. The van der Waals surface area contributed by atoms with Crippen LogP contribution in [0, 0.1) is 0 Å². The second kappa shape index (κ2) is 18.0. The predicted octanol–water partition coefficient (Wildman–Crippen LogP) is 11.4. The zero-order valence-electron chi connectivity index (χ0n) is 27.0. The molecule has 0 radical (unpaired) electrons. The van der Waals surface area contributed by atoms with E-state index in [0.717, 1.165) is 58.2 Å². The van der Waals surface area contributed by atoms with Crippen LogP contribution in [0.2, 0.25) is 10.0 Å². The van der Waals surface area contributed by atoms with Gasteiger partial charge in [-0.25, -0.2) is 4.79 Å². The van der Waals surface area contributed by atoms with Crippen LogP contribution in [-0.4, -0.2) is 17.1 Å². The minimum Gasteiger partial charge on any atom is -0.465 e. The quantitative estimate of drug-likeness (QED) is 0.0934. The fourth-order valence-electron chi connectivity index (χ4n) is 4.70. The number of alkyl halides is 3. The predicted molar refractivity (Wildman–Crippen MR) is 196 cm³/mol. The van der Waals surface area contributed by atoms with Crippen molar-refractivity contribution in [2.45, 2.75) is 39.0 Å². The molecule has 260 valence electrons. The molecule has 0 aliphatic rings.